The van der Waals surface area contributed by atoms with Crippen molar-refractivity contribution in [2.24, 2.45) is 0 Å². The molecule has 0 aliphatic heterocycles. The molecule has 0 aromatic rings. The van der Waals surface area contributed by atoms with Crippen LogP contribution in [0.5, 0.6) is 0 Å². The fourth-order valence-corrected chi connectivity index (χ4v) is 5.27. The number of hydrogen-bond acceptors (Lipinski definition) is 2. The Morgan fingerprint density at radius 1 is 0.368 bits per heavy atom. The first-order chi connectivity index (χ1) is 18.7. The van der Waals surface area contributed by atoms with Gasteiger partial charge < -0.3 is 10.2 Å². The van der Waals surface area contributed by atoms with Crippen LogP contribution in [-0.4, -0.2) is 22.4 Å². The molecule has 0 saturated heterocycles. The van der Waals surface area contributed by atoms with Crippen LogP contribution in [0.15, 0.2) is 24.3 Å². The van der Waals surface area contributed by atoms with Gasteiger partial charge in [0.05, 0.1) is 12.2 Å². The third kappa shape index (κ3) is 29.9. The number of unbranched alkanes of at least 4 members (excludes halogenated alkanes) is 22. The zero-order valence-electron chi connectivity index (χ0n) is 26.2. The first-order valence-corrected chi connectivity index (χ1v) is 17.4. The van der Waals surface area contributed by atoms with Gasteiger partial charge in [0.25, 0.3) is 0 Å². The molecule has 0 heterocycles. The Kier molecular flexibility index (Phi) is 32.1. The molecule has 226 valence electrons. The largest absolute Gasteiger partial charge is 0.390 e. The molecule has 2 atom stereocenters. The first-order valence-electron chi connectivity index (χ1n) is 17.4. The molecule has 0 spiro atoms. The molecular formula is C36H70O2. The Bertz CT molecular complexity index is 484. The quantitative estimate of drug-likeness (QED) is 0.0685. The van der Waals surface area contributed by atoms with Crippen molar-refractivity contribution in [2.45, 2.75) is 206 Å². The molecule has 0 aliphatic rings. The van der Waals surface area contributed by atoms with E-state index in [1.807, 2.05) is 0 Å². The highest BCUT2D eigenvalue weighted by Crippen LogP contribution is 2.16. The lowest BCUT2D eigenvalue weighted by Crippen LogP contribution is -2.25. The average Bonchev–Trinajstić information content (AvgIpc) is 2.92. The molecule has 0 rings (SSSR count). The fraction of sp³-hybridized carbons (Fsp3) is 0.889. The normalized spacial score (nSPS) is 13.7. The SMILES string of the molecule is CCCCCC=CCC=CCCCCCCCC(O)C(O)CCCCCCCCCCCCCCCCC. The van der Waals surface area contributed by atoms with E-state index < -0.39 is 12.2 Å². The second-order valence-electron chi connectivity index (χ2n) is 11.9. The minimum atomic E-state index is -0.528. The predicted octanol–water partition coefficient (Wildman–Crippen LogP) is 11.8. The predicted molar refractivity (Wildman–Crippen MR) is 171 cm³/mol. The van der Waals surface area contributed by atoms with E-state index in [1.54, 1.807) is 0 Å². The lowest BCUT2D eigenvalue weighted by atomic mass is 9.99. The van der Waals surface area contributed by atoms with Crippen molar-refractivity contribution >= 4 is 0 Å². The molecule has 38 heavy (non-hydrogen) atoms. The highest BCUT2D eigenvalue weighted by molar-refractivity contribution is 4.92. The summed E-state index contributed by atoms with van der Waals surface area (Å²) in [6.45, 7) is 4.54. The molecule has 0 saturated carbocycles. The summed E-state index contributed by atoms with van der Waals surface area (Å²) < 4.78 is 0. The Labute approximate surface area is 240 Å². The van der Waals surface area contributed by atoms with Crippen molar-refractivity contribution in [3.8, 4) is 0 Å². The van der Waals surface area contributed by atoms with Gasteiger partial charge in [0.15, 0.2) is 0 Å². The summed E-state index contributed by atoms with van der Waals surface area (Å²) in [4.78, 5) is 0. The molecule has 0 bridgehead atoms. The van der Waals surface area contributed by atoms with E-state index in [0.29, 0.717) is 0 Å². The van der Waals surface area contributed by atoms with Crippen LogP contribution in [0.2, 0.25) is 0 Å². The lowest BCUT2D eigenvalue weighted by Gasteiger charge is -2.17. The van der Waals surface area contributed by atoms with Crippen LogP contribution in [0, 0.1) is 0 Å². The van der Waals surface area contributed by atoms with Crippen molar-refractivity contribution in [3.05, 3.63) is 24.3 Å². The molecule has 2 nitrogen and oxygen atoms in total. The van der Waals surface area contributed by atoms with Gasteiger partial charge in [-0.3, -0.25) is 0 Å². The molecule has 2 heteroatoms. The molecule has 0 radical (unpaired) electrons. The minimum Gasteiger partial charge on any atom is -0.390 e. The standard InChI is InChI=1S/C36H70O2/c1-3-5-7-9-11-13-15-17-19-21-23-25-27-29-31-33-35(37)36(38)34-32-30-28-26-24-22-20-18-16-14-12-10-8-6-4-2/h11,13,17,19,35-38H,3-10,12,14-16,18,20-34H2,1-2H3. The summed E-state index contributed by atoms with van der Waals surface area (Å²) in [7, 11) is 0. The number of allylic oxidation sites excluding steroid dienone is 4. The molecule has 0 amide bonds. The summed E-state index contributed by atoms with van der Waals surface area (Å²) in [5.41, 5.74) is 0. The molecule has 2 unspecified atom stereocenters. The van der Waals surface area contributed by atoms with E-state index in [2.05, 4.69) is 38.2 Å². The van der Waals surface area contributed by atoms with Gasteiger partial charge in [0.1, 0.15) is 0 Å². The highest BCUT2D eigenvalue weighted by atomic mass is 16.3. The molecule has 0 aromatic carbocycles. The third-order valence-electron chi connectivity index (χ3n) is 8.00. The van der Waals surface area contributed by atoms with Crippen LogP contribution in [0.4, 0.5) is 0 Å². The Balaban J connectivity index is 3.35. The van der Waals surface area contributed by atoms with Crippen LogP contribution < -0.4 is 0 Å². The summed E-state index contributed by atoms with van der Waals surface area (Å²) in [6.07, 6.45) is 43.6. The maximum Gasteiger partial charge on any atom is 0.0799 e. The molecular weight excluding hydrogens is 464 g/mol. The lowest BCUT2D eigenvalue weighted by molar-refractivity contribution is 0.00712. The van der Waals surface area contributed by atoms with Gasteiger partial charge in [-0.05, 0) is 44.9 Å². The molecule has 2 N–H and O–H groups in total. The highest BCUT2D eigenvalue weighted by Gasteiger charge is 2.15. The van der Waals surface area contributed by atoms with E-state index in [0.717, 1.165) is 32.1 Å². The number of rotatable bonds is 31. The second-order valence-corrected chi connectivity index (χ2v) is 11.9. The molecule has 0 aromatic heterocycles. The van der Waals surface area contributed by atoms with Gasteiger partial charge in [0.2, 0.25) is 0 Å². The second kappa shape index (κ2) is 32.6. The van der Waals surface area contributed by atoms with Crippen LogP contribution in [0.25, 0.3) is 0 Å². The van der Waals surface area contributed by atoms with Crippen molar-refractivity contribution in [1.29, 1.82) is 0 Å². The zero-order valence-corrected chi connectivity index (χ0v) is 26.2. The number of aliphatic hydroxyl groups excluding tert-OH is 2. The van der Waals surface area contributed by atoms with Gasteiger partial charge in [-0.1, -0.05) is 173 Å². The maximum absolute atomic E-state index is 10.3. The van der Waals surface area contributed by atoms with Gasteiger partial charge in [-0.25, -0.2) is 0 Å². The van der Waals surface area contributed by atoms with Crippen LogP contribution >= 0.6 is 0 Å². The topological polar surface area (TPSA) is 40.5 Å². The van der Waals surface area contributed by atoms with Gasteiger partial charge in [-0.15, -0.1) is 0 Å². The monoisotopic (exact) mass is 535 g/mol. The zero-order chi connectivity index (χ0) is 27.8. The Morgan fingerprint density at radius 3 is 1.05 bits per heavy atom. The van der Waals surface area contributed by atoms with E-state index in [4.69, 9.17) is 0 Å². The Hall–Kier alpha value is -0.600. The van der Waals surface area contributed by atoms with Crippen LogP contribution in [0.3, 0.4) is 0 Å². The van der Waals surface area contributed by atoms with Crippen LogP contribution in [-0.2, 0) is 0 Å². The number of aliphatic hydroxyl groups is 2. The van der Waals surface area contributed by atoms with Crippen molar-refractivity contribution in [1.82, 2.24) is 0 Å². The first kappa shape index (κ1) is 37.4. The molecule has 0 aliphatic carbocycles. The van der Waals surface area contributed by atoms with E-state index in [-0.39, 0.29) is 0 Å². The summed E-state index contributed by atoms with van der Waals surface area (Å²) in [5.74, 6) is 0. The molecule has 0 fully saturated rings. The van der Waals surface area contributed by atoms with E-state index in [1.165, 1.54) is 148 Å². The van der Waals surface area contributed by atoms with Crippen molar-refractivity contribution in [2.75, 3.05) is 0 Å². The average molecular weight is 535 g/mol. The fourth-order valence-electron chi connectivity index (χ4n) is 5.27. The van der Waals surface area contributed by atoms with Gasteiger partial charge >= 0.3 is 0 Å². The van der Waals surface area contributed by atoms with E-state index >= 15 is 0 Å². The summed E-state index contributed by atoms with van der Waals surface area (Å²) >= 11 is 0. The van der Waals surface area contributed by atoms with Gasteiger partial charge in [-0.2, -0.15) is 0 Å². The Morgan fingerprint density at radius 2 is 0.658 bits per heavy atom. The minimum absolute atomic E-state index is 0.525. The maximum atomic E-state index is 10.3. The van der Waals surface area contributed by atoms with Crippen LogP contribution in [0.1, 0.15) is 194 Å². The summed E-state index contributed by atoms with van der Waals surface area (Å²) in [5, 5.41) is 20.5. The summed E-state index contributed by atoms with van der Waals surface area (Å²) in [6, 6.07) is 0. The van der Waals surface area contributed by atoms with Crippen molar-refractivity contribution < 1.29 is 10.2 Å². The van der Waals surface area contributed by atoms with Gasteiger partial charge in [0, 0.05) is 0 Å². The third-order valence-corrected chi connectivity index (χ3v) is 8.00. The smallest absolute Gasteiger partial charge is 0.0799 e. The van der Waals surface area contributed by atoms with Crippen molar-refractivity contribution in [3.63, 3.8) is 0 Å². The number of hydrogen-bond donors (Lipinski definition) is 2. The van der Waals surface area contributed by atoms with E-state index in [9.17, 15) is 10.2 Å².